The van der Waals surface area contributed by atoms with Crippen molar-refractivity contribution in [2.75, 3.05) is 19.8 Å². The highest BCUT2D eigenvalue weighted by Gasteiger charge is 2.33. The summed E-state index contributed by atoms with van der Waals surface area (Å²) in [5, 5.41) is 9.62. The van der Waals surface area contributed by atoms with Gasteiger partial charge in [-0.2, -0.15) is 0 Å². The van der Waals surface area contributed by atoms with E-state index in [9.17, 15) is 9.59 Å². The fraction of sp³-hybridized carbons (Fsp3) is 0.385. The normalized spacial score (nSPS) is 19.3. The first-order valence-corrected chi connectivity index (χ1v) is 6.27. The predicted molar refractivity (Wildman–Crippen MR) is 69.5 cm³/mol. The molecule has 0 bridgehead atoms. The van der Waals surface area contributed by atoms with Gasteiger partial charge < -0.3 is 14.7 Å². The quantitative estimate of drug-likeness (QED) is 0.895. The highest BCUT2D eigenvalue weighted by Crippen LogP contribution is 2.21. The summed E-state index contributed by atoms with van der Waals surface area (Å²) in [5.41, 5.74) is 1.09. The summed E-state index contributed by atoms with van der Waals surface area (Å²) in [6.07, 6.45) is 0. The van der Waals surface area contributed by atoms with E-state index in [1.54, 1.807) is 25.1 Å². The molecule has 19 heavy (non-hydrogen) atoms. The first-order valence-electron chi connectivity index (χ1n) is 5.89. The topological polar surface area (TPSA) is 66.8 Å². The molecule has 1 amide bonds. The summed E-state index contributed by atoms with van der Waals surface area (Å²) in [7, 11) is 0. The number of hydrogen-bond acceptors (Lipinski definition) is 3. The van der Waals surface area contributed by atoms with Crippen molar-refractivity contribution >= 4 is 23.5 Å². The van der Waals surface area contributed by atoms with Crippen molar-refractivity contribution in [1.82, 2.24) is 4.90 Å². The third-order valence-corrected chi connectivity index (χ3v) is 3.58. The number of amides is 1. The molecule has 0 spiro atoms. The Morgan fingerprint density at radius 2 is 2.21 bits per heavy atom. The third-order valence-electron chi connectivity index (χ3n) is 3.17. The molecule has 0 aliphatic carbocycles. The van der Waals surface area contributed by atoms with E-state index < -0.39 is 12.0 Å². The molecule has 1 aromatic carbocycles. The zero-order valence-corrected chi connectivity index (χ0v) is 11.2. The number of carboxylic acid groups (broad SMARTS) is 1. The minimum Gasteiger partial charge on any atom is -0.480 e. The molecule has 1 aliphatic heterocycles. The first kappa shape index (κ1) is 13.8. The van der Waals surface area contributed by atoms with Gasteiger partial charge in [-0.05, 0) is 24.6 Å². The van der Waals surface area contributed by atoms with Gasteiger partial charge in [0.1, 0.15) is 0 Å². The van der Waals surface area contributed by atoms with Gasteiger partial charge in [0.25, 0.3) is 5.91 Å². The van der Waals surface area contributed by atoms with Crippen LogP contribution < -0.4 is 0 Å². The molecule has 0 radical (unpaired) electrons. The van der Waals surface area contributed by atoms with Crippen LogP contribution in [0.15, 0.2) is 18.2 Å². The van der Waals surface area contributed by atoms with Gasteiger partial charge in [-0.1, -0.05) is 17.7 Å². The van der Waals surface area contributed by atoms with Gasteiger partial charge in [-0.3, -0.25) is 4.79 Å². The van der Waals surface area contributed by atoms with Gasteiger partial charge >= 0.3 is 5.97 Å². The van der Waals surface area contributed by atoms with Crippen LogP contribution in [-0.2, 0) is 9.53 Å². The van der Waals surface area contributed by atoms with Crippen LogP contribution in [0.1, 0.15) is 15.9 Å². The van der Waals surface area contributed by atoms with Gasteiger partial charge in [-0.15, -0.1) is 0 Å². The lowest BCUT2D eigenvalue weighted by Crippen LogP contribution is -2.52. The summed E-state index contributed by atoms with van der Waals surface area (Å²) in [4.78, 5) is 24.9. The number of benzene rings is 1. The first-order chi connectivity index (χ1) is 9.02. The van der Waals surface area contributed by atoms with Crippen LogP contribution in [0.3, 0.4) is 0 Å². The predicted octanol–water partition coefficient (Wildman–Crippen LogP) is 1.57. The number of aliphatic carboxylic acids is 1. The number of rotatable bonds is 2. The van der Waals surface area contributed by atoms with Crippen molar-refractivity contribution in [2.24, 2.45) is 0 Å². The van der Waals surface area contributed by atoms with Crippen LogP contribution in [0.4, 0.5) is 0 Å². The molecule has 1 saturated heterocycles. The number of carbonyl (C=O) groups excluding carboxylic acids is 1. The number of morpholine rings is 1. The van der Waals surface area contributed by atoms with Crippen molar-refractivity contribution in [3.05, 3.63) is 34.3 Å². The number of carbonyl (C=O) groups is 2. The maximum atomic E-state index is 12.4. The molecule has 1 unspecified atom stereocenters. The van der Waals surface area contributed by atoms with Crippen LogP contribution in [0, 0.1) is 6.92 Å². The molecule has 1 fully saturated rings. The summed E-state index contributed by atoms with van der Waals surface area (Å²) >= 11 is 5.98. The number of ether oxygens (including phenoxy) is 1. The van der Waals surface area contributed by atoms with Gasteiger partial charge in [0.05, 0.1) is 13.2 Å². The lowest BCUT2D eigenvalue weighted by Gasteiger charge is -2.33. The number of halogens is 1. The molecule has 6 heteroatoms. The Morgan fingerprint density at radius 1 is 1.47 bits per heavy atom. The molecule has 5 nitrogen and oxygen atoms in total. The Balaban J connectivity index is 2.31. The van der Waals surface area contributed by atoms with E-state index in [1.807, 2.05) is 0 Å². The average molecular weight is 284 g/mol. The van der Waals surface area contributed by atoms with Crippen LogP contribution in [0.25, 0.3) is 0 Å². The summed E-state index contributed by atoms with van der Waals surface area (Å²) in [6.45, 7) is 2.36. The molecular formula is C13H14ClNO4. The molecule has 102 valence electrons. The van der Waals surface area contributed by atoms with Gasteiger partial charge in [0, 0.05) is 17.1 Å². The Kier molecular flexibility index (Phi) is 4.07. The third kappa shape index (κ3) is 2.72. The summed E-state index contributed by atoms with van der Waals surface area (Å²) in [5.74, 6) is -1.39. The van der Waals surface area contributed by atoms with E-state index in [0.717, 1.165) is 0 Å². The highest BCUT2D eigenvalue weighted by molar-refractivity contribution is 6.31. The highest BCUT2D eigenvalue weighted by atomic mass is 35.5. The van der Waals surface area contributed by atoms with Crippen molar-refractivity contribution < 1.29 is 19.4 Å². The molecular weight excluding hydrogens is 270 g/mol. The van der Waals surface area contributed by atoms with Crippen LogP contribution in [0.5, 0.6) is 0 Å². The Labute approximate surface area is 115 Å². The SMILES string of the molecule is Cc1c(Cl)cccc1C(=O)N1CCOCC1C(=O)O. The lowest BCUT2D eigenvalue weighted by molar-refractivity contribution is -0.147. The second-order valence-corrected chi connectivity index (χ2v) is 4.75. The molecule has 1 heterocycles. The van der Waals surface area contributed by atoms with Gasteiger partial charge in [0.15, 0.2) is 6.04 Å². The molecule has 0 saturated carbocycles. The van der Waals surface area contributed by atoms with Crippen molar-refractivity contribution in [1.29, 1.82) is 0 Å². The van der Waals surface area contributed by atoms with Gasteiger partial charge in [-0.25, -0.2) is 4.79 Å². The molecule has 0 aromatic heterocycles. The number of hydrogen-bond donors (Lipinski definition) is 1. The van der Waals surface area contributed by atoms with E-state index >= 15 is 0 Å². The summed E-state index contributed by atoms with van der Waals surface area (Å²) in [6, 6.07) is 4.08. The Bertz CT molecular complexity index is 517. The maximum absolute atomic E-state index is 12.4. The second-order valence-electron chi connectivity index (χ2n) is 4.34. The van der Waals surface area contributed by atoms with Crippen molar-refractivity contribution in [3.8, 4) is 0 Å². The minimum atomic E-state index is -1.06. The molecule has 1 aliphatic rings. The maximum Gasteiger partial charge on any atom is 0.328 e. The smallest absolute Gasteiger partial charge is 0.328 e. The minimum absolute atomic E-state index is 0.0146. The zero-order chi connectivity index (χ0) is 14.0. The molecule has 1 atom stereocenters. The van der Waals surface area contributed by atoms with E-state index in [2.05, 4.69) is 0 Å². The fourth-order valence-electron chi connectivity index (χ4n) is 2.05. The van der Waals surface area contributed by atoms with Crippen molar-refractivity contribution in [2.45, 2.75) is 13.0 Å². The number of nitrogens with zero attached hydrogens (tertiary/aromatic N) is 1. The van der Waals surface area contributed by atoms with E-state index in [1.165, 1.54) is 4.90 Å². The van der Waals surface area contributed by atoms with Crippen LogP contribution in [0.2, 0.25) is 5.02 Å². The molecule has 2 rings (SSSR count). The Hall–Kier alpha value is -1.59. The Morgan fingerprint density at radius 3 is 2.89 bits per heavy atom. The molecule has 1 N–H and O–H groups in total. The zero-order valence-electron chi connectivity index (χ0n) is 10.4. The standard InChI is InChI=1S/C13H14ClNO4/c1-8-9(3-2-4-10(8)14)12(16)15-5-6-19-7-11(15)13(17)18/h2-4,11H,5-7H2,1H3,(H,17,18). The number of carboxylic acids is 1. The fourth-order valence-corrected chi connectivity index (χ4v) is 2.22. The monoisotopic (exact) mass is 283 g/mol. The summed E-state index contributed by atoms with van der Waals surface area (Å²) < 4.78 is 5.11. The lowest BCUT2D eigenvalue weighted by atomic mass is 10.1. The average Bonchev–Trinajstić information content (AvgIpc) is 2.41. The van der Waals surface area contributed by atoms with Gasteiger partial charge in [0.2, 0.25) is 0 Å². The van der Waals surface area contributed by atoms with Crippen LogP contribution >= 0.6 is 11.6 Å². The molecule has 1 aromatic rings. The second kappa shape index (κ2) is 5.59. The van der Waals surface area contributed by atoms with E-state index in [0.29, 0.717) is 22.8 Å². The van der Waals surface area contributed by atoms with E-state index in [4.69, 9.17) is 21.4 Å². The van der Waals surface area contributed by atoms with Crippen LogP contribution in [-0.4, -0.2) is 47.7 Å². The van der Waals surface area contributed by atoms with Crippen molar-refractivity contribution in [3.63, 3.8) is 0 Å². The largest absolute Gasteiger partial charge is 0.480 e. The van der Waals surface area contributed by atoms with E-state index in [-0.39, 0.29) is 19.1 Å².